The van der Waals surface area contributed by atoms with Crippen molar-refractivity contribution in [3.05, 3.63) is 35.9 Å². The van der Waals surface area contributed by atoms with Crippen LogP contribution in [0.5, 0.6) is 0 Å². The first kappa shape index (κ1) is 14.2. The average Bonchev–Trinajstić information content (AvgIpc) is 2.40. The molecule has 0 atom stereocenters. The van der Waals surface area contributed by atoms with E-state index >= 15 is 0 Å². The number of hydrogen-bond donors (Lipinski definition) is 0. The summed E-state index contributed by atoms with van der Waals surface area (Å²) in [6.07, 6.45) is 18.9. The van der Waals surface area contributed by atoms with Crippen LogP contribution in [0.3, 0.4) is 0 Å². The highest BCUT2D eigenvalue weighted by Gasteiger charge is 2.01. The van der Waals surface area contributed by atoms with Crippen molar-refractivity contribution in [2.24, 2.45) is 0 Å². The fourth-order valence-corrected chi connectivity index (χ4v) is 1.29. The van der Waals surface area contributed by atoms with Crippen molar-refractivity contribution >= 4 is 18.0 Å². The molecule has 96 valence electrons. The Labute approximate surface area is 113 Å². The summed E-state index contributed by atoms with van der Waals surface area (Å²) in [4.78, 5) is 12.2. The molecule has 0 aliphatic heterocycles. The molecule has 0 heterocycles. The maximum absolute atomic E-state index is 4.98. The van der Waals surface area contributed by atoms with Crippen molar-refractivity contribution in [3.8, 4) is 25.1 Å². The van der Waals surface area contributed by atoms with E-state index in [0.717, 1.165) is 16.2 Å². The lowest BCUT2D eigenvalue weighted by Gasteiger charge is -2.11. The second-order valence-corrected chi connectivity index (χ2v) is 3.70. The largest absolute Gasteiger partial charge is 0.378 e. The number of allylic oxidation sites excluding steroid dienone is 1. The van der Waals surface area contributed by atoms with E-state index in [1.807, 2.05) is 61.5 Å². The number of nitrogens with zero attached hydrogens (tertiary/aromatic N) is 2. The smallest absolute Gasteiger partial charge is 0.279 e. The molecule has 0 radical (unpaired) electrons. The molecule has 1 aromatic rings. The van der Waals surface area contributed by atoms with Crippen LogP contribution < -0.4 is 4.90 Å². The van der Waals surface area contributed by atoms with Crippen LogP contribution >= 0.6 is 0 Å². The van der Waals surface area contributed by atoms with Crippen molar-refractivity contribution in [1.82, 2.24) is 0 Å². The van der Waals surface area contributed by atoms with Gasteiger partial charge in [0.05, 0.1) is 0 Å². The molecule has 0 amide bonds. The molecule has 0 bridgehead atoms. The van der Waals surface area contributed by atoms with Gasteiger partial charge in [-0.3, -0.25) is 0 Å². The molecule has 0 N–H and O–H groups in total. The molecule has 0 saturated heterocycles. The Morgan fingerprint density at radius 3 is 2.16 bits per heavy atom. The van der Waals surface area contributed by atoms with Crippen molar-refractivity contribution in [2.45, 2.75) is 0 Å². The van der Waals surface area contributed by atoms with Crippen LogP contribution in [0, 0.1) is 25.1 Å². The summed E-state index contributed by atoms with van der Waals surface area (Å²) in [7, 11) is 3.98. The van der Waals surface area contributed by atoms with Crippen molar-refractivity contribution in [2.75, 3.05) is 19.0 Å². The first-order valence-electron chi connectivity index (χ1n) is 5.50. The molecule has 0 aliphatic rings. The van der Waals surface area contributed by atoms with Gasteiger partial charge in [0, 0.05) is 25.9 Å². The quantitative estimate of drug-likeness (QED) is 0.456. The zero-order valence-electron chi connectivity index (χ0n) is 10.9. The van der Waals surface area contributed by atoms with E-state index in [1.54, 1.807) is 6.08 Å². The van der Waals surface area contributed by atoms with Gasteiger partial charge in [0.1, 0.15) is 0 Å². The van der Waals surface area contributed by atoms with Gasteiger partial charge in [-0.2, -0.15) is 0 Å². The summed E-state index contributed by atoms with van der Waals surface area (Å²) in [6, 6.07) is 8.03. The van der Waals surface area contributed by atoms with Gasteiger partial charge in [-0.1, -0.05) is 25.0 Å². The predicted molar refractivity (Wildman–Crippen MR) is 76.0 cm³/mol. The number of benzene rings is 1. The second kappa shape index (κ2) is 7.47. The lowest BCUT2D eigenvalue weighted by Crippen LogP contribution is -2.08. The summed E-state index contributed by atoms with van der Waals surface area (Å²) in [6.45, 7) is 0. The molecule has 0 spiro atoms. The molecule has 0 unspecified atom stereocenters. The van der Waals surface area contributed by atoms with E-state index in [1.165, 1.54) is 6.21 Å². The van der Waals surface area contributed by atoms with Gasteiger partial charge in [0.2, 0.25) is 17.1 Å². The van der Waals surface area contributed by atoms with Crippen LogP contribution in [-0.2, 0) is 9.68 Å². The summed E-state index contributed by atoms with van der Waals surface area (Å²) in [5, 5.41) is 0. The number of hydrogen-bond acceptors (Lipinski definition) is 3. The van der Waals surface area contributed by atoms with Crippen LogP contribution in [-0.4, -0.2) is 25.2 Å². The van der Waals surface area contributed by atoms with Gasteiger partial charge >= 0.3 is 0 Å². The second-order valence-electron chi connectivity index (χ2n) is 3.70. The summed E-state index contributed by atoms with van der Waals surface area (Å²) in [5.41, 5.74) is 2.16. The Morgan fingerprint density at radius 2 is 1.68 bits per heavy atom. The summed E-state index contributed by atoms with van der Waals surface area (Å²) in [5.74, 6) is 0. The van der Waals surface area contributed by atoms with Crippen LogP contribution in [0.25, 0.3) is 6.08 Å². The highest BCUT2D eigenvalue weighted by molar-refractivity contribution is 5.74. The highest BCUT2D eigenvalue weighted by atomic mass is 16.9. The van der Waals surface area contributed by atoms with Crippen LogP contribution in [0.4, 0.5) is 5.69 Å². The monoisotopic (exact) mass is 255 g/mol. The van der Waals surface area contributed by atoms with Gasteiger partial charge in [0.25, 0.3) is 6.21 Å². The number of anilines is 1. The van der Waals surface area contributed by atoms with Crippen LogP contribution in [0.15, 0.2) is 30.3 Å². The Kier molecular flexibility index (Phi) is 5.59. The van der Waals surface area contributed by atoms with E-state index in [9.17, 15) is 0 Å². The molecule has 4 nitrogen and oxygen atoms in total. The van der Waals surface area contributed by atoms with Crippen molar-refractivity contribution in [1.29, 1.82) is 0 Å². The first-order valence-corrected chi connectivity index (χ1v) is 5.50. The van der Waals surface area contributed by atoms with Gasteiger partial charge in [-0.05, 0) is 23.8 Å². The predicted octanol–water partition coefficient (Wildman–Crippen LogP) is 1.89. The molecule has 19 heavy (non-hydrogen) atoms. The topological polar surface area (TPSA) is 24.7 Å². The van der Waals surface area contributed by atoms with Gasteiger partial charge < -0.3 is 4.90 Å². The minimum Gasteiger partial charge on any atom is -0.378 e. The SMILES string of the molecule is C#CO[N+](=CC=Cc1ccc(N(C)C)cc1)OC#C. The minimum absolute atomic E-state index is 0.907. The van der Waals surface area contributed by atoms with Crippen molar-refractivity contribution < 1.29 is 14.6 Å². The molecule has 0 aliphatic carbocycles. The lowest BCUT2D eigenvalue weighted by atomic mass is 10.2. The van der Waals surface area contributed by atoms with Gasteiger partial charge in [0.15, 0.2) is 0 Å². The fourth-order valence-electron chi connectivity index (χ4n) is 1.29. The van der Waals surface area contributed by atoms with Crippen LogP contribution in [0.1, 0.15) is 5.56 Å². The van der Waals surface area contributed by atoms with E-state index in [0.29, 0.717) is 0 Å². The van der Waals surface area contributed by atoms with E-state index in [4.69, 9.17) is 12.8 Å². The van der Waals surface area contributed by atoms with E-state index in [-0.39, 0.29) is 0 Å². The Hall–Kier alpha value is -2.85. The first-order chi connectivity index (χ1) is 9.17. The van der Waals surface area contributed by atoms with E-state index in [2.05, 4.69) is 9.68 Å². The zero-order valence-corrected chi connectivity index (χ0v) is 10.9. The molecule has 1 rings (SSSR count). The highest BCUT2D eigenvalue weighted by Crippen LogP contribution is 2.12. The van der Waals surface area contributed by atoms with Gasteiger partial charge in [-0.15, -0.1) is 9.68 Å². The Morgan fingerprint density at radius 1 is 1.11 bits per heavy atom. The summed E-state index contributed by atoms with van der Waals surface area (Å²) < 4.78 is 0. The normalized spacial score (nSPS) is 9.26. The average molecular weight is 255 g/mol. The molecule has 0 saturated carbocycles. The molecular formula is C15H15N2O2+. The molecule has 0 fully saturated rings. The molecule has 4 heteroatoms. The lowest BCUT2D eigenvalue weighted by molar-refractivity contribution is -0.933. The van der Waals surface area contributed by atoms with Crippen LogP contribution in [0.2, 0.25) is 0 Å². The molecule has 0 aromatic heterocycles. The third-order valence-electron chi connectivity index (χ3n) is 2.19. The Balaban J connectivity index is 2.73. The maximum atomic E-state index is 4.98. The molecular weight excluding hydrogens is 240 g/mol. The number of terminal acetylenes is 2. The van der Waals surface area contributed by atoms with E-state index < -0.39 is 0 Å². The Bertz CT molecular complexity index is 525. The van der Waals surface area contributed by atoms with Crippen molar-refractivity contribution in [3.63, 3.8) is 0 Å². The minimum atomic E-state index is 0.907. The molecule has 1 aromatic carbocycles. The third-order valence-corrected chi connectivity index (χ3v) is 2.19. The summed E-state index contributed by atoms with van der Waals surface area (Å²) >= 11 is 0. The zero-order chi connectivity index (χ0) is 14.1. The number of rotatable bonds is 5. The fraction of sp³-hybridized carbons (Fsp3) is 0.133. The standard InChI is InChI=1S/C15H15N2O2/c1-5-18-17(19-6-2)13-7-8-14-9-11-15(12-10-14)16(3)4/h1-2,7-13H,3-4H3/q+1. The van der Waals surface area contributed by atoms with Gasteiger partial charge in [-0.25, -0.2) is 0 Å². The maximum Gasteiger partial charge on any atom is 0.279 e. The third kappa shape index (κ3) is 4.89.